The van der Waals surface area contributed by atoms with Gasteiger partial charge in [-0.2, -0.15) is 0 Å². The van der Waals surface area contributed by atoms with Gasteiger partial charge in [-0.05, 0) is 28.1 Å². The number of ether oxygens (including phenoxy) is 1. The monoisotopic (exact) mass is 353 g/mol. The second-order valence-corrected chi connectivity index (χ2v) is 6.20. The summed E-state index contributed by atoms with van der Waals surface area (Å²) in [5.41, 5.74) is 5.22. The molecule has 1 rings (SSSR count). The molecule has 17 heavy (non-hydrogen) atoms. The van der Waals surface area contributed by atoms with Crippen molar-refractivity contribution in [1.82, 2.24) is 0 Å². The first-order valence-electron chi connectivity index (χ1n) is 3.80. The Labute approximate surface area is 107 Å². The number of hydrogen-bond donors (Lipinski definition) is 1. The number of hydrogen-bond acceptors (Lipinski definition) is 4. The third-order valence-electron chi connectivity index (χ3n) is 1.51. The summed E-state index contributed by atoms with van der Waals surface area (Å²) in [5, 5.41) is 0. The fourth-order valence-electron chi connectivity index (χ4n) is 0.984. The largest absolute Gasteiger partial charge is 0.573 e. The van der Waals surface area contributed by atoms with E-state index >= 15 is 0 Å². The summed E-state index contributed by atoms with van der Waals surface area (Å²) < 4.78 is 61.7. The maximum Gasteiger partial charge on any atom is 0.573 e. The van der Waals surface area contributed by atoms with E-state index in [-0.39, 0.29) is 10.2 Å². The zero-order valence-corrected chi connectivity index (χ0v) is 10.9. The molecule has 0 atom stereocenters. The van der Waals surface area contributed by atoms with Crippen LogP contribution in [0.5, 0.6) is 5.75 Å². The fourth-order valence-corrected chi connectivity index (χ4v) is 2.67. The lowest BCUT2D eigenvalue weighted by Gasteiger charge is -2.13. The van der Waals surface area contributed by atoms with E-state index in [0.29, 0.717) is 0 Å². The van der Waals surface area contributed by atoms with Gasteiger partial charge in [0.05, 0.1) is 4.47 Å². The topological polar surface area (TPSA) is 69.4 Å². The Morgan fingerprint density at radius 1 is 1.35 bits per heavy atom. The minimum Gasteiger partial charge on any atom is -0.403 e. The molecule has 0 radical (unpaired) electrons. The van der Waals surface area contributed by atoms with Crippen LogP contribution in [0.15, 0.2) is 21.5 Å². The number of anilines is 1. The molecule has 96 valence electrons. The van der Waals surface area contributed by atoms with Crippen molar-refractivity contribution in [3.63, 3.8) is 0 Å². The molecule has 0 unspecified atom stereocenters. The molecule has 0 aliphatic heterocycles. The third-order valence-corrected chi connectivity index (χ3v) is 3.43. The van der Waals surface area contributed by atoms with E-state index in [1.54, 1.807) is 0 Å². The molecular weight excluding hydrogens is 350 g/mol. The molecular formula is C7H4BrClF3NO3S. The highest BCUT2D eigenvalue weighted by atomic mass is 79.9. The Morgan fingerprint density at radius 3 is 2.29 bits per heavy atom. The van der Waals surface area contributed by atoms with Gasteiger partial charge >= 0.3 is 6.36 Å². The van der Waals surface area contributed by atoms with Crippen LogP contribution < -0.4 is 10.5 Å². The van der Waals surface area contributed by atoms with Crippen LogP contribution in [0.1, 0.15) is 0 Å². The number of halogens is 5. The zero-order chi connectivity index (χ0) is 13.4. The lowest BCUT2D eigenvalue weighted by molar-refractivity contribution is -0.275. The van der Waals surface area contributed by atoms with E-state index in [1.807, 2.05) is 0 Å². The predicted molar refractivity (Wildman–Crippen MR) is 58.3 cm³/mol. The smallest absolute Gasteiger partial charge is 0.403 e. The lowest BCUT2D eigenvalue weighted by Crippen LogP contribution is -2.19. The van der Waals surface area contributed by atoms with Gasteiger partial charge in [-0.1, -0.05) is 0 Å². The molecule has 0 amide bonds. The average Bonchev–Trinajstić information content (AvgIpc) is 2.05. The highest BCUT2D eigenvalue weighted by Crippen LogP contribution is 2.39. The van der Waals surface area contributed by atoms with Crippen LogP contribution >= 0.6 is 26.6 Å². The molecule has 0 saturated heterocycles. The SMILES string of the molecule is Nc1cc(Br)c(OC(F)(F)F)c(S(=O)(=O)Cl)c1. The van der Waals surface area contributed by atoms with E-state index in [4.69, 9.17) is 16.4 Å². The molecule has 0 heterocycles. The number of benzene rings is 1. The molecule has 0 fully saturated rings. The Hall–Kier alpha value is -0.670. The maximum atomic E-state index is 12.1. The van der Waals surface area contributed by atoms with Crippen LogP contribution in [0.25, 0.3) is 0 Å². The lowest BCUT2D eigenvalue weighted by atomic mass is 10.3. The molecule has 2 N–H and O–H groups in total. The molecule has 0 saturated carbocycles. The van der Waals surface area contributed by atoms with Crippen LogP contribution in [0, 0.1) is 0 Å². The van der Waals surface area contributed by atoms with Gasteiger partial charge in [-0.3, -0.25) is 0 Å². The normalized spacial score (nSPS) is 12.5. The number of alkyl halides is 3. The van der Waals surface area contributed by atoms with Crippen LogP contribution in [0.3, 0.4) is 0 Å². The minimum absolute atomic E-state index is 0.0781. The molecule has 1 aromatic rings. The molecule has 4 nitrogen and oxygen atoms in total. The van der Waals surface area contributed by atoms with Gasteiger partial charge in [0, 0.05) is 16.4 Å². The Morgan fingerprint density at radius 2 is 1.88 bits per heavy atom. The molecule has 1 aromatic carbocycles. The maximum absolute atomic E-state index is 12.1. The van der Waals surface area contributed by atoms with Gasteiger partial charge in [0.2, 0.25) is 0 Å². The standard InChI is InChI=1S/C7H4BrClF3NO3S/c8-4-1-3(13)2-5(17(9,14)15)6(4)16-7(10,11)12/h1-2H,13H2. The number of nitrogen functional groups attached to an aromatic ring is 1. The van der Waals surface area contributed by atoms with E-state index in [2.05, 4.69) is 20.7 Å². The van der Waals surface area contributed by atoms with Gasteiger partial charge in [0.25, 0.3) is 9.05 Å². The van der Waals surface area contributed by atoms with E-state index in [9.17, 15) is 21.6 Å². The van der Waals surface area contributed by atoms with Crippen molar-refractivity contribution in [2.75, 3.05) is 5.73 Å². The number of rotatable bonds is 2. The predicted octanol–water partition coefficient (Wildman–Crippen LogP) is 2.86. The van der Waals surface area contributed by atoms with E-state index in [0.717, 1.165) is 12.1 Å². The summed E-state index contributed by atoms with van der Waals surface area (Å²) in [6.45, 7) is 0. The summed E-state index contributed by atoms with van der Waals surface area (Å²) >= 11 is 2.71. The van der Waals surface area contributed by atoms with Crippen LogP contribution in [0.2, 0.25) is 0 Å². The van der Waals surface area contributed by atoms with Gasteiger partial charge in [0.15, 0.2) is 5.75 Å². The van der Waals surface area contributed by atoms with Crippen molar-refractivity contribution in [3.05, 3.63) is 16.6 Å². The highest BCUT2D eigenvalue weighted by Gasteiger charge is 2.35. The van der Waals surface area contributed by atoms with Crippen molar-refractivity contribution >= 4 is 41.4 Å². The summed E-state index contributed by atoms with van der Waals surface area (Å²) in [7, 11) is 0.571. The molecule has 0 bridgehead atoms. The van der Waals surface area contributed by atoms with Gasteiger partial charge in [-0.15, -0.1) is 13.2 Å². The van der Waals surface area contributed by atoms with Gasteiger partial charge in [0.1, 0.15) is 4.90 Å². The summed E-state index contributed by atoms with van der Waals surface area (Å²) in [4.78, 5) is -0.858. The van der Waals surface area contributed by atoms with Gasteiger partial charge < -0.3 is 10.5 Å². The molecule has 0 aliphatic carbocycles. The van der Waals surface area contributed by atoms with Crippen molar-refractivity contribution in [2.24, 2.45) is 0 Å². The molecule has 0 aliphatic rings. The molecule has 10 heteroatoms. The average molecular weight is 355 g/mol. The Bertz CT molecular complexity index is 546. The highest BCUT2D eigenvalue weighted by molar-refractivity contribution is 9.10. The first-order valence-corrected chi connectivity index (χ1v) is 6.90. The van der Waals surface area contributed by atoms with Crippen LogP contribution in [-0.4, -0.2) is 14.8 Å². The number of nitrogens with two attached hydrogens (primary N) is 1. The zero-order valence-electron chi connectivity index (χ0n) is 7.75. The van der Waals surface area contributed by atoms with Crippen LogP contribution in [0.4, 0.5) is 18.9 Å². The van der Waals surface area contributed by atoms with Crippen molar-refractivity contribution in [1.29, 1.82) is 0 Å². The van der Waals surface area contributed by atoms with E-state index < -0.39 is 26.1 Å². The molecule has 0 spiro atoms. The van der Waals surface area contributed by atoms with Crippen LogP contribution in [-0.2, 0) is 9.05 Å². The van der Waals surface area contributed by atoms with Gasteiger partial charge in [-0.25, -0.2) is 8.42 Å². The Kier molecular flexibility index (Phi) is 3.84. The quantitative estimate of drug-likeness (QED) is 0.655. The second-order valence-electron chi connectivity index (χ2n) is 2.82. The fraction of sp³-hybridized carbons (Fsp3) is 0.143. The van der Waals surface area contributed by atoms with Crippen molar-refractivity contribution in [2.45, 2.75) is 11.3 Å². The summed E-state index contributed by atoms with van der Waals surface area (Å²) in [6.07, 6.45) is -5.05. The first kappa shape index (κ1) is 14.4. The summed E-state index contributed by atoms with van der Waals surface area (Å²) in [6, 6.07) is 1.83. The second kappa shape index (κ2) is 4.54. The first-order chi connectivity index (χ1) is 7.50. The minimum atomic E-state index is -5.05. The van der Waals surface area contributed by atoms with Crippen molar-refractivity contribution in [3.8, 4) is 5.75 Å². The summed E-state index contributed by atoms with van der Waals surface area (Å²) in [5.74, 6) is -0.957. The van der Waals surface area contributed by atoms with E-state index in [1.165, 1.54) is 0 Å². The third kappa shape index (κ3) is 3.93. The Balaban J connectivity index is 3.47. The van der Waals surface area contributed by atoms with Crippen molar-refractivity contribution < 1.29 is 26.3 Å². The molecule has 0 aromatic heterocycles.